The van der Waals surface area contributed by atoms with Crippen LogP contribution in [0.25, 0.3) is 0 Å². The second-order valence-electron chi connectivity index (χ2n) is 4.03. The van der Waals surface area contributed by atoms with Gasteiger partial charge in [0.05, 0.1) is 17.2 Å². The third kappa shape index (κ3) is 3.34. The van der Waals surface area contributed by atoms with Crippen LogP contribution in [0.2, 0.25) is 5.02 Å². The van der Waals surface area contributed by atoms with E-state index in [1.807, 2.05) is 0 Å². The predicted octanol–water partition coefficient (Wildman–Crippen LogP) is 2.19. The molecule has 0 N–H and O–H groups in total. The standard InChI is InChI=1S/C12H11ClO4S/c13-10-3-1-2-4-11(10)17-12(14)7-9-5-6-18(15,16)8-9/h1-6,9H,7-8H2. The van der Waals surface area contributed by atoms with Crippen molar-refractivity contribution in [2.24, 2.45) is 5.92 Å². The summed E-state index contributed by atoms with van der Waals surface area (Å²) in [4.78, 5) is 11.6. The molecule has 18 heavy (non-hydrogen) atoms. The summed E-state index contributed by atoms with van der Waals surface area (Å²) in [6.07, 6.45) is 1.55. The number of esters is 1. The first-order chi connectivity index (χ1) is 8.46. The van der Waals surface area contributed by atoms with E-state index in [-0.39, 0.29) is 23.8 Å². The van der Waals surface area contributed by atoms with Crippen LogP contribution >= 0.6 is 11.6 Å². The second-order valence-corrected chi connectivity index (χ2v) is 6.37. The molecule has 1 aromatic carbocycles. The van der Waals surface area contributed by atoms with Crippen molar-refractivity contribution in [3.63, 3.8) is 0 Å². The molecule has 0 aliphatic carbocycles. The van der Waals surface area contributed by atoms with Gasteiger partial charge in [-0.2, -0.15) is 0 Å². The quantitative estimate of drug-likeness (QED) is 0.631. The third-order valence-electron chi connectivity index (χ3n) is 2.49. The van der Waals surface area contributed by atoms with Gasteiger partial charge < -0.3 is 4.74 Å². The highest BCUT2D eigenvalue weighted by atomic mass is 35.5. The average molecular weight is 287 g/mol. The summed E-state index contributed by atoms with van der Waals surface area (Å²) < 4.78 is 27.4. The zero-order valence-electron chi connectivity index (χ0n) is 9.37. The Morgan fingerprint density at radius 1 is 1.39 bits per heavy atom. The normalized spacial score (nSPS) is 20.8. The van der Waals surface area contributed by atoms with Crippen LogP contribution in [0.1, 0.15) is 6.42 Å². The first-order valence-electron chi connectivity index (χ1n) is 5.32. The van der Waals surface area contributed by atoms with E-state index < -0.39 is 15.8 Å². The van der Waals surface area contributed by atoms with Gasteiger partial charge in [-0.15, -0.1) is 0 Å². The van der Waals surface area contributed by atoms with E-state index in [2.05, 4.69) is 0 Å². The van der Waals surface area contributed by atoms with E-state index >= 15 is 0 Å². The minimum Gasteiger partial charge on any atom is -0.425 e. The van der Waals surface area contributed by atoms with Gasteiger partial charge in [0.25, 0.3) is 0 Å². The van der Waals surface area contributed by atoms with Crippen LogP contribution < -0.4 is 4.74 Å². The Morgan fingerprint density at radius 2 is 2.11 bits per heavy atom. The molecule has 96 valence electrons. The van der Waals surface area contributed by atoms with Crippen molar-refractivity contribution in [2.75, 3.05) is 5.75 Å². The number of hydrogen-bond donors (Lipinski definition) is 0. The molecule has 2 rings (SSSR count). The van der Waals surface area contributed by atoms with Crippen LogP contribution in [0.5, 0.6) is 5.75 Å². The lowest BCUT2D eigenvalue weighted by atomic mass is 10.1. The van der Waals surface area contributed by atoms with Crippen molar-refractivity contribution in [1.82, 2.24) is 0 Å². The summed E-state index contributed by atoms with van der Waals surface area (Å²) in [6, 6.07) is 6.63. The minimum atomic E-state index is -3.14. The van der Waals surface area contributed by atoms with E-state index in [1.54, 1.807) is 24.3 Å². The SMILES string of the molecule is O=C(CC1C=CS(=O)(=O)C1)Oc1ccccc1Cl. The number of allylic oxidation sites excluding steroid dienone is 1. The fraction of sp³-hybridized carbons (Fsp3) is 0.250. The van der Waals surface area contributed by atoms with E-state index in [4.69, 9.17) is 16.3 Å². The number of rotatable bonds is 3. The molecule has 0 saturated heterocycles. The maximum Gasteiger partial charge on any atom is 0.311 e. The summed E-state index contributed by atoms with van der Waals surface area (Å²) in [5.41, 5.74) is 0. The second kappa shape index (κ2) is 5.12. The van der Waals surface area contributed by atoms with Gasteiger partial charge in [-0.1, -0.05) is 29.8 Å². The van der Waals surface area contributed by atoms with E-state index in [0.29, 0.717) is 5.02 Å². The minimum absolute atomic E-state index is 0.0287. The summed E-state index contributed by atoms with van der Waals surface area (Å²) in [5, 5.41) is 1.49. The van der Waals surface area contributed by atoms with Crippen molar-refractivity contribution in [3.05, 3.63) is 40.8 Å². The zero-order chi connectivity index (χ0) is 13.2. The van der Waals surface area contributed by atoms with Crippen LogP contribution in [-0.2, 0) is 14.6 Å². The Hall–Kier alpha value is -1.33. The van der Waals surface area contributed by atoms with Gasteiger partial charge in [-0.3, -0.25) is 4.79 Å². The molecule has 0 radical (unpaired) electrons. The predicted molar refractivity (Wildman–Crippen MR) is 68.1 cm³/mol. The molecule has 0 saturated carbocycles. The van der Waals surface area contributed by atoms with Crippen molar-refractivity contribution >= 4 is 27.4 Å². The summed E-state index contributed by atoms with van der Waals surface area (Å²) in [6.45, 7) is 0. The molecule has 1 aliphatic rings. The number of sulfone groups is 1. The van der Waals surface area contributed by atoms with E-state index in [9.17, 15) is 13.2 Å². The van der Waals surface area contributed by atoms with Crippen molar-refractivity contribution in [1.29, 1.82) is 0 Å². The highest BCUT2D eigenvalue weighted by Gasteiger charge is 2.24. The molecule has 1 aliphatic heterocycles. The average Bonchev–Trinajstić information content (AvgIpc) is 2.61. The molecule has 0 amide bonds. The molecule has 0 aromatic heterocycles. The van der Waals surface area contributed by atoms with Gasteiger partial charge in [-0.25, -0.2) is 8.42 Å². The Morgan fingerprint density at radius 3 is 2.72 bits per heavy atom. The van der Waals surface area contributed by atoms with Gasteiger partial charge in [0.1, 0.15) is 5.75 Å². The van der Waals surface area contributed by atoms with Gasteiger partial charge in [0.2, 0.25) is 0 Å². The fourth-order valence-corrected chi connectivity index (χ4v) is 3.25. The number of benzene rings is 1. The lowest BCUT2D eigenvalue weighted by molar-refractivity contribution is -0.134. The lowest BCUT2D eigenvalue weighted by Gasteiger charge is -2.08. The number of ether oxygens (including phenoxy) is 1. The molecule has 0 spiro atoms. The summed E-state index contributed by atoms with van der Waals surface area (Å²) in [5.74, 6) is -0.557. The topological polar surface area (TPSA) is 60.4 Å². The van der Waals surface area contributed by atoms with Crippen LogP contribution in [-0.4, -0.2) is 20.1 Å². The number of carbonyl (C=O) groups excluding carboxylic acids is 1. The molecule has 6 heteroatoms. The van der Waals surface area contributed by atoms with Crippen LogP contribution in [0, 0.1) is 5.92 Å². The smallest absolute Gasteiger partial charge is 0.311 e. The molecule has 4 nitrogen and oxygen atoms in total. The Balaban J connectivity index is 1.95. The lowest BCUT2D eigenvalue weighted by Crippen LogP contribution is -2.15. The zero-order valence-corrected chi connectivity index (χ0v) is 10.9. The van der Waals surface area contributed by atoms with Crippen molar-refractivity contribution in [2.45, 2.75) is 6.42 Å². The Labute approximate surface area is 110 Å². The number of hydrogen-bond acceptors (Lipinski definition) is 4. The molecular weight excluding hydrogens is 276 g/mol. The summed E-state index contributed by atoms with van der Waals surface area (Å²) in [7, 11) is -3.14. The van der Waals surface area contributed by atoms with Gasteiger partial charge in [-0.05, 0) is 12.1 Å². The van der Waals surface area contributed by atoms with Crippen LogP contribution in [0.4, 0.5) is 0 Å². The largest absolute Gasteiger partial charge is 0.425 e. The van der Waals surface area contributed by atoms with Crippen LogP contribution in [0.3, 0.4) is 0 Å². The van der Waals surface area contributed by atoms with E-state index in [0.717, 1.165) is 5.41 Å². The monoisotopic (exact) mass is 286 g/mol. The molecule has 1 heterocycles. The van der Waals surface area contributed by atoms with E-state index in [1.165, 1.54) is 6.08 Å². The van der Waals surface area contributed by atoms with Crippen LogP contribution in [0.15, 0.2) is 35.7 Å². The third-order valence-corrected chi connectivity index (χ3v) is 4.27. The summed E-state index contributed by atoms with van der Waals surface area (Å²) >= 11 is 5.84. The highest BCUT2D eigenvalue weighted by molar-refractivity contribution is 7.94. The first kappa shape index (κ1) is 13.1. The number of carbonyl (C=O) groups is 1. The maximum atomic E-state index is 11.6. The molecule has 0 bridgehead atoms. The molecule has 1 aromatic rings. The van der Waals surface area contributed by atoms with Gasteiger partial charge >= 0.3 is 5.97 Å². The molecule has 0 fully saturated rings. The highest BCUT2D eigenvalue weighted by Crippen LogP contribution is 2.25. The maximum absolute atomic E-state index is 11.6. The van der Waals surface area contributed by atoms with Crippen molar-refractivity contribution < 1.29 is 17.9 Å². The first-order valence-corrected chi connectivity index (χ1v) is 7.42. The van der Waals surface area contributed by atoms with Gasteiger partial charge in [0, 0.05) is 11.3 Å². The van der Waals surface area contributed by atoms with Crippen molar-refractivity contribution in [3.8, 4) is 5.75 Å². The number of para-hydroxylation sites is 1. The Kier molecular flexibility index (Phi) is 3.73. The molecular formula is C12H11ClO4S. The van der Waals surface area contributed by atoms with Gasteiger partial charge in [0.15, 0.2) is 9.84 Å². The molecule has 1 atom stereocenters. The fourth-order valence-electron chi connectivity index (χ4n) is 1.67. The number of halogens is 1. The Bertz CT molecular complexity index is 592. The molecule has 1 unspecified atom stereocenters.